The zero-order chi connectivity index (χ0) is 30.1. The molecular weight excluding hydrogens is 536 g/mol. The molecule has 1 aromatic rings. The van der Waals surface area contributed by atoms with Crippen LogP contribution in [0.1, 0.15) is 60.9 Å². The Balaban J connectivity index is 1.58. The predicted molar refractivity (Wildman–Crippen MR) is 160 cm³/mol. The number of carbonyl (C=O) groups is 1. The molecule has 2 fully saturated rings. The van der Waals surface area contributed by atoms with Gasteiger partial charge < -0.3 is 28.3 Å². The first-order valence-corrected chi connectivity index (χ1v) is 18.2. The highest BCUT2D eigenvalue weighted by Gasteiger charge is 2.68. The van der Waals surface area contributed by atoms with Crippen molar-refractivity contribution >= 4 is 14.3 Å². The lowest BCUT2D eigenvalue weighted by Crippen LogP contribution is -2.56. The molecule has 228 valence electrons. The van der Waals surface area contributed by atoms with E-state index in [4.69, 9.17) is 18.6 Å². The summed E-state index contributed by atoms with van der Waals surface area (Å²) in [7, 11) is -0.561. The minimum Gasteiger partial charge on any atom is -0.457 e. The minimum absolute atomic E-state index is 0.0225. The molecule has 0 radical (unpaired) electrons. The van der Waals surface area contributed by atoms with Crippen LogP contribution in [0.3, 0.4) is 0 Å². The van der Waals surface area contributed by atoms with Crippen LogP contribution in [0.5, 0.6) is 0 Å². The van der Waals surface area contributed by atoms with Crippen LogP contribution in [-0.4, -0.2) is 72.2 Å². The van der Waals surface area contributed by atoms with E-state index in [1.807, 2.05) is 19.4 Å². The molecule has 3 heterocycles. The van der Waals surface area contributed by atoms with Crippen LogP contribution < -0.4 is 0 Å². The van der Waals surface area contributed by atoms with Gasteiger partial charge in [0.25, 0.3) is 0 Å². The van der Waals surface area contributed by atoms with E-state index < -0.39 is 32.2 Å². The number of aliphatic hydroxyl groups is 1. The molecule has 8 nitrogen and oxygen atoms in total. The summed E-state index contributed by atoms with van der Waals surface area (Å²) in [6, 6.07) is -0.0499. The second-order valence-electron chi connectivity index (χ2n) is 14.5. The number of aromatic nitrogens is 2. The third-order valence-electron chi connectivity index (χ3n) is 11.1. The predicted octanol–water partition coefficient (Wildman–Crippen LogP) is 5.31. The van der Waals surface area contributed by atoms with E-state index >= 15 is 0 Å². The summed E-state index contributed by atoms with van der Waals surface area (Å²) in [5.74, 6) is -0.784. The third kappa shape index (κ3) is 4.89. The van der Waals surface area contributed by atoms with Gasteiger partial charge in [0.05, 0.1) is 30.7 Å². The Morgan fingerprint density at radius 3 is 2.56 bits per heavy atom. The Morgan fingerprint density at radius 2 is 1.95 bits per heavy atom. The quantitative estimate of drug-likeness (QED) is 0.284. The summed E-state index contributed by atoms with van der Waals surface area (Å²) in [6.45, 7) is 19.4. The van der Waals surface area contributed by atoms with Crippen molar-refractivity contribution in [2.45, 2.75) is 115 Å². The number of hydrogen-bond donors (Lipinski definition) is 1. The van der Waals surface area contributed by atoms with E-state index in [0.29, 0.717) is 6.42 Å². The highest BCUT2D eigenvalue weighted by atomic mass is 28.4. The van der Waals surface area contributed by atoms with Crippen molar-refractivity contribution < 1.29 is 28.5 Å². The fraction of sp³-hybridized carbons (Fsp3) is 0.750. The van der Waals surface area contributed by atoms with Crippen LogP contribution in [0.2, 0.25) is 18.1 Å². The number of nitrogens with zero attached hydrogens (tertiary/aromatic N) is 2. The molecule has 3 unspecified atom stereocenters. The fourth-order valence-electron chi connectivity index (χ4n) is 7.93. The van der Waals surface area contributed by atoms with Crippen LogP contribution in [0.15, 0.2) is 42.5 Å². The molecule has 41 heavy (non-hydrogen) atoms. The molecule has 12 atom stereocenters. The van der Waals surface area contributed by atoms with Gasteiger partial charge in [-0.05, 0) is 44.0 Å². The van der Waals surface area contributed by atoms with Crippen LogP contribution in [0, 0.1) is 29.6 Å². The zero-order valence-corrected chi connectivity index (χ0v) is 27.4. The van der Waals surface area contributed by atoms with Gasteiger partial charge in [0.2, 0.25) is 0 Å². The maximum absolute atomic E-state index is 13.7. The molecule has 1 spiro atoms. The largest absolute Gasteiger partial charge is 0.457 e. The number of rotatable bonds is 5. The number of aliphatic hydroxyl groups excluding tert-OH is 1. The molecule has 4 bridgehead atoms. The SMILES string of the molecule is CO[C@H]1C[C@H]2C=C[C@@H]3[C@H]4[C@H](O)C(C)C(n5ccnc5)[C@@H]3O[C@]42/C(C)=C/[C@@H](C)[C@@H](C(C)O[Si](C)(C)C(C)(C)C)OC1=O. The fourth-order valence-corrected chi connectivity index (χ4v) is 9.34. The zero-order valence-electron chi connectivity index (χ0n) is 26.4. The summed E-state index contributed by atoms with van der Waals surface area (Å²) < 4.78 is 28.1. The summed E-state index contributed by atoms with van der Waals surface area (Å²) in [5.41, 5.74) is 0.316. The van der Waals surface area contributed by atoms with Gasteiger partial charge in [-0.2, -0.15) is 0 Å². The Morgan fingerprint density at radius 1 is 1.24 bits per heavy atom. The number of esters is 1. The van der Waals surface area contributed by atoms with Gasteiger partial charge >= 0.3 is 5.97 Å². The van der Waals surface area contributed by atoms with Crippen LogP contribution >= 0.6 is 0 Å². The van der Waals surface area contributed by atoms with Gasteiger partial charge in [0.1, 0.15) is 11.7 Å². The van der Waals surface area contributed by atoms with E-state index in [-0.39, 0.29) is 58.8 Å². The maximum atomic E-state index is 13.7. The molecule has 0 aromatic carbocycles. The smallest absolute Gasteiger partial charge is 0.335 e. The Labute approximate surface area is 246 Å². The number of hydrogen-bond acceptors (Lipinski definition) is 7. The molecular formula is C32H50N2O6Si. The molecule has 4 aliphatic rings. The standard InChI is InChI=1S/C32H50N2O6Si/c1-18-15-19(2)32-22(16-24(37-8)30(36)38-28(18)21(4)40-41(9,10)31(5,6)7)11-12-23-25(32)27(35)20(3)26(29(23)39-32)34-14-13-33-17-34/h11-15,17-18,20-29,35H,16H2,1-10H3/b19-15+/t18-,20?,21?,22-,23-,24+,25+,26?,27-,28+,29-,32+/m1/s1. The van der Waals surface area contributed by atoms with Crippen LogP contribution in [-0.2, 0) is 23.4 Å². The summed E-state index contributed by atoms with van der Waals surface area (Å²) in [5, 5.41) is 12.0. The van der Waals surface area contributed by atoms with Gasteiger partial charge in [-0.15, -0.1) is 0 Å². The first-order valence-electron chi connectivity index (χ1n) is 15.3. The first-order chi connectivity index (χ1) is 19.1. The van der Waals surface area contributed by atoms with Crippen molar-refractivity contribution in [3.8, 4) is 0 Å². The van der Waals surface area contributed by atoms with Crippen molar-refractivity contribution in [2.75, 3.05) is 7.11 Å². The Kier molecular flexibility index (Phi) is 8.03. The molecule has 1 N–H and O–H groups in total. The normalized spacial score (nSPS) is 43.1. The van der Waals surface area contributed by atoms with E-state index in [2.05, 4.69) is 82.4 Å². The molecule has 9 heteroatoms. The number of imidazole rings is 1. The average molecular weight is 587 g/mol. The van der Waals surface area contributed by atoms with Gasteiger partial charge in [-0.25, -0.2) is 9.78 Å². The van der Waals surface area contributed by atoms with Crippen molar-refractivity contribution in [1.29, 1.82) is 0 Å². The average Bonchev–Trinajstić information content (AvgIpc) is 3.47. The Bertz CT molecular complexity index is 1180. The van der Waals surface area contributed by atoms with Crippen molar-refractivity contribution in [3.63, 3.8) is 0 Å². The molecule has 1 aromatic heterocycles. The third-order valence-corrected chi connectivity index (χ3v) is 15.6. The molecule has 1 saturated carbocycles. The van der Waals surface area contributed by atoms with Gasteiger partial charge in [0, 0.05) is 49.1 Å². The minimum atomic E-state index is -2.13. The van der Waals surface area contributed by atoms with Gasteiger partial charge in [-0.1, -0.05) is 52.8 Å². The summed E-state index contributed by atoms with van der Waals surface area (Å²) in [4.78, 5) is 18.0. The van der Waals surface area contributed by atoms with Gasteiger partial charge in [0.15, 0.2) is 14.4 Å². The lowest BCUT2D eigenvalue weighted by Gasteiger charge is -2.49. The molecule has 5 rings (SSSR count). The van der Waals surface area contributed by atoms with Crippen molar-refractivity contribution in [3.05, 3.63) is 42.5 Å². The monoisotopic (exact) mass is 586 g/mol. The second kappa shape index (κ2) is 10.7. The first kappa shape index (κ1) is 30.7. The van der Waals surface area contributed by atoms with Crippen LogP contribution in [0.4, 0.5) is 0 Å². The number of methoxy groups -OCH3 is 1. The number of cyclic esters (lactones) is 1. The summed E-state index contributed by atoms with van der Waals surface area (Å²) >= 11 is 0. The molecule has 2 aliphatic carbocycles. The molecule has 0 amide bonds. The van der Waals surface area contributed by atoms with E-state index in [1.54, 1.807) is 13.3 Å². The van der Waals surface area contributed by atoms with E-state index in [1.165, 1.54) is 0 Å². The maximum Gasteiger partial charge on any atom is 0.335 e. The number of carbonyl (C=O) groups excluding carboxylic acids is 1. The van der Waals surface area contributed by atoms with Crippen LogP contribution in [0.25, 0.3) is 0 Å². The molecule has 1 saturated heterocycles. The highest BCUT2D eigenvalue weighted by molar-refractivity contribution is 6.74. The van der Waals surface area contributed by atoms with Crippen molar-refractivity contribution in [1.82, 2.24) is 9.55 Å². The lowest BCUT2D eigenvalue weighted by molar-refractivity contribution is -0.171. The highest BCUT2D eigenvalue weighted by Crippen LogP contribution is 2.62. The van der Waals surface area contributed by atoms with Gasteiger partial charge in [-0.3, -0.25) is 0 Å². The summed E-state index contributed by atoms with van der Waals surface area (Å²) in [6.07, 6.45) is 10.3. The number of ether oxygens (including phenoxy) is 3. The van der Waals surface area contributed by atoms with E-state index in [0.717, 1.165) is 5.57 Å². The lowest BCUT2D eigenvalue weighted by atomic mass is 9.57. The molecule has 2 aliphatic heterocycles. The second-order valence-corrected chi connectivity index (χ2v) is 19.2. The topological polar surface area (TPSA) is 92.0 Å². The Hall–Kier alpha value is -1.78. The van der Waals surface area contributed by atoms with Crippen molar-refractivity contribution in [2.24, 2.45) is 29.6 Å². The van der Waals surface area contributed by atoms with E-state index in [9.17, 15) is 9.90 Å².